The number of amidine groups is 1. The van der Waals surface area contributed by atoms with Crippen LogP contribution in [0.3, 0.4) is 0 Å². The number of anilines is 3. The average molecular weight is 578 g/mol. The van der Waals surface area contributed by atoms with Crippen LogP contribution in [0.1, 0.15) is 17.5 Å². The summed E-state index contributed by atoms with van der Waals surface area (Å²) in [6.07, 6.45) is 7.58. The minimum atomic E-state index is -1.27. The molecule has 0 saturated heterocycles. The predicted octanol–water partition coefficient (Wildman–Crippen LogP) is 5.24. The standard InChI is InChI=1S/C29H26ClF2N7O2/c1-39(17-8-4-3-5-9-17)23(38-21-11-7-6-10-20(30)19(21)15-40)14-35-29-24(28(34)36-16-37-29)27(33)18-12-13-22(41-2)26(32)25(18)31/h3-6,8-13,15-16,33H,7,14H2,1-2H3,(H3,34,35,36,37). The summed E-state index contributed by atoms with van der Waals surface area (Å²) in [7, 11) is 3.01. The molecular formula is C29H26ClF2N7O2. The first-order valence-electron chi connectivity index (χ1n) is 12.3. The number of aldehydes is 1. The van der Waals surface area contributed by atoms with Gasteiger partial charge in [-0.15, -0.1) is 0 Å². The van der Waals surface area contributed by atoms with Crippen LogP contribution in [-0.2, 0) is 4.79 Å². The van der Waals surface area contributed by atoms with E-state index in [4.69, 9.17) is 32.5 Å². The Balaban J connectivity index is 1.74. The second kappa shape index (κ2) is 13.0. The van der Waals surface area contributed by atoms with Crippen molar-refractivity contribution in [2.45, 2.75) is 6.42 Å². The lowest BCUT2D eigenvalue weighted by atomic mass is 10.0. The highest BCUT2D eigenvalue weighted by molar-refractivity contribution is 6.33. The lowest BCUT2D eigenvalue weighted by molar-refractivity contribution is -0.104. The number of nitrogens with zero attached hydrogens (tertiary/aromatic N) is 4. The Labute approximate surface area is 240 Å². The molecule has 1 aromatic heterocycles. The van der Waals surface area contributed by atoms with Gasteiger partial charge in [0.1, 0.15) is 23.8 Å². The Bertz CT molecular complexity index is 1600. The van der Waals surface area contributed by atoms with Crippen LogP contribution in [0.25, 0.3) is 0 Å². The highest BCUT2D eigenvalue weighted by Gasteiger charge is 2.23. The molecule has 0 radical (unpaired) electrons. The van der Waals surface area contributed by atoms with E-state index in [1.807, 2.05) is 36.4 Å². The molecule has 1 aliphatic rings. The summed E-state index contributed by atoms with van der Waals surface area (Å²) in [6, 6.07) is 11.8. The normalized spacial score (nSPS) is 13.4. The SMILES string of the molecule is COc1ccc(C(=N)c2c(N)ncnc2NCC(=NC2=CCC=CC(Cl)=C2C=O)N(C)c2ccccc2)c(F)c1F. The zero-order chi connectivity index (χ0) is 29.5. The van der Waals surface area contributed by atoms with E-state index >= 15 is 0 Å². The molecule has 0 unspecified atom stereocenters. The smallest absolute Gasteiger partial charge is 0.201 e. The van der Waals surface area contributed by atoms with Crippen molar-refractivity contribution in [1.82, 2.24) is 9.97 Å². The number of hydrogen-bond donors (Lipinski definition) is 3. The third-order valence-corrected chi connectivity index (χ3v) is 6.55. The summed E-state index contributed by atoms with van der Waals surface area (Å²) in [5.41, 5.74) is 6.67. The summed E-state index contributed by atoms with van der Waals surface area (Å²) < 4.78 is 34.1. The number of methoxy groups -OCH3 is 1. The summed E-state index contributed by atoms with van der Waals surface area (Å²) in [4.78, 5) is 26.6. The van der Waals surface area contributed by atoms with Gasteiger partial charge in [-0.3, -0.25) is 10.2 Å². The maximum atomic E-state index is 14.9. The summed E-state index contributed by atoms with van der Waals surface area (Å²) in [5, 5.41) is 12.0. The molecule has 41 heavy (non-hydrogen) atoms. The number of allylic oxidation sites excluding steroid dienone is 5. The Morgan fingerprint density at radius 2 is 1.98 bits per heavy atom. The van der Waals surface area contributed by atoms with E-state index < -0.39 is 17.3 Å². The van der Waals surface area contributed by atoms with Crippen LogP contribution >= 0.6 is 11.6 Å². The van der Waals surface area contributed by atoms with Crippen molar-refractivity contribution < 1.29 is 18.3 Å². The molecule has 12 heteroatoms. The summed E-state index contributed by atoms with van der Waals surface area (Å²) in [6.45, 7) is 0.0239. The molecule has 0 spiro atoms. The maximum absolute atomic E-state index is 14.9. The Kier molecular flexibility index (Phi) is 9.20. The van der Waals surface area contributed by atoms with E-state index in [2.05, 4.69) is 15.3 Å². The molecule has 0 saturated carbocycles. The van der Waals surface area contributed by atoms with E-state index in [0.717, 1.165) is 5.69 Å². The van der Waals surface area contributed by atoms with Crippen LogP contribution in [0.5, 0.6) is 5.75 Å². The van der Waals surface area contributed by atoms with Gasteiger partial charge in [-0.2, -0.15) is 4.39 Å². The van der Waals surface area contributed by atoms with Gasteiger partial charge in [-0.05, 0) is 36.8 Å². The second-order valence-electron chi connectivity index (χ2n) is 8.68. The molecule has 4 N–H and O–H groups in total. The van der Waals surface area contributed by atoms with Crippen molar-refractivity contribution in [2.75, 3.05) is 36.7 Å². The number of nitrogens with one attached hydrogen (secondary N) is 2. The number of rotatable bonds is 9. The molecule has 2 aromatic carbocycles. The van der Waals surface area contributed by atoms with Crippen LogP contribution in [0.15, 0.2) is 88.3 Å². The molecule has 1 aliphatic carbocycles. The number of halogens is 3. The van der Waals surface area contributed by atoms with Gasteiger partial charge < -0.3 is 20.7 Å². The first-order chi connectivity index (χ1) is 19.8. The van der Waals surface area contributed by atoms with Crippen molar-refractivity contribution in [2.24, 2.45) is 4.99 Å². The van der Waals surface area contributed by atoms with Gasteiger partial charge in [0, 0.05) is 18.3 Å². The van der Waals surface area contributed by atoms with Gasteiger partial charge in [-0.25, -0.2) is 19.4 Å². The first-order valence-corrected chi connectivity index (χ1v) is 12.7. The lowest BCUT2D eigenvalue weighted by Gasteiger charge is -2.23. The number of carbonyl (C=O) groups excluding carboxylic acids is 1. The number of carbonyl (C=O) groups is 1. The highest BCUT2D eigenvalue weighted by atomic mass is 35.5. The van der Waals surface area contributed by atoms with Crippen LogP contribution in [0, 0.1) is 17.0 Å². The quantitative estimate of drug-likeness (QED) is 0.180. The number of likely N-dealkylation sites (N-methyl/N-ethyl adjacent to an activating group) is 1. The van der Waals surface area contributed by atoms with Crippen LogP contribution in [0.4, 0.5) is 26.1 Å². The third-order valence-electron chi connectivity index (χ3n) is 6.22. The Morgan fingerprint density at radius 3 is 2.68 bits per heavy atom. The Hall–Kier alpha value is -4.90. The fourth-order valence-electron chi connectivity index (χ4n) is 4.03. The second-order valence-corrected chi connectivity index (χ2v) is 9.09. The zero-order valence-electron chi connectivity index (χ0n) is 22.2. The van der Waals surface area contributed by atoms with Crippen molar-refractivity contribution in [3.63, 3.8) is 0 Å². The zero-order valence-corrected chi connectivity index (χ0v) is 22.9. The van der Waals surface area contributed by atoms with Crippen LogP contribution in [-0.4, -0.2) is 48.5 Å². The molecule has 0 atom stereocenters. The molecular weight excluding hydrogens is 552 g/mol. The summed E-state index contributed by atoms with van der Waals surface area (Å²) in [5.74, 6) is -2.38. The van der Waals surface area contributed by atoms with Crippen LogP contribution < -0.4 is 20.7 Å². The number of hydrogen-bond acceptors (Lipinski definition) is 8. The number of benzene rings is 2. The Morgan fingerprint density at radius 1 is 1.22 bits per heavy atom. The summed E-state index contributed by atoms with van der Waals surface area (Å²) >= 11 is 6.31. The molecule has 210 valence electrons. The number of aromatic nitrogens is 2. The van der Waals surface area contributed by atoms with Gasteiger partial charge >= 0.3 is 0 Å². The molecule has 0 fully saturated rings. The van der Waals surface area contributed by atoms with Gasteiger partial charge in [0.15, 0.2) is 17.9 Å². The topological polar surface area (TPSA) is 130 Å². The van der Waals surface area contributed by atoms with Crippen molar-refractivity contribution in [3.8, 4) is 5.75 Å². The van der Waals surface area contributed by atoms with E-state index in [0.29, 0.717) is 24.2 Å². The molecule has 1 heterocycles. The van der Waals surface area contributed by atoms with Gasteiger partial charge in [0.05, 0.1) is 41.2 Å². The average Bonchev–Trinajstić information content (AvgIpc) is 3.16. The van der Waals surface area contributed by atoms with E-state index in [1.165, 1.54) is 25.6 Å². The minimum absolute atomic E-state index is 0.0239. The number of aliphatic imine (C=N–C) groups is 1. The fraction of sp³-hybridized carbons (Fsp3) is 0.138. The third kappa shape index (κ3) is 6.30. The predicted molar refractivity (Wildman–Crippen MR) is 157 cm³/mol. The molecule has 0 amide bonds. The van der Waals surface area contributed by atoms with E-state index in [-0.39, 0.29) is 45.7 Å². The van der Waals surface area contributed by atoms with Gasteiger partial charge in [0.2, 0.25) is 5.82 Å². The first kappa shape index (κ1) is 29.1. The van der Waals surface area contributed by atoms with Crippen molar-refractivity contribution in [3.05, 3.63) is 106 Å². The number of para-hydroxylation sites is 1. The van der Waals surface area contributed by atoms with E-state index in [9.17, 15) is 13.6 Å². The number of ether oxygens (including phenoxy) is 1. The highest BCUT2D eigenvalue weighted by Crippen LogP contribution is 2.28. The molecule has 9 nitrogen and oxygen atoms in total. The number of nitrogen functional groups attached to an aromatic ring is 1. The number of nitrogens with two attached hydrogens (primary N) is 1. The van der Waals surface area contributed by atoms with Crippen LogP contribution in [0.2, 0.25) is 0 Å². The monoisotopic (exact) mass is 577 g/mol. The largest absolute Gasteiger partial charge is 0.494 e. The van der Waals surface area contributed by atoms with Crippen molar-refractivity contribution >= 4 is 46.8 Å². The fourth-order valence-corrected chi connectivity index (χ4v) is 4.26. The van der Waals surface area contributed by atoms with Gasteiger partial charge in [-0.1, -0.05) is 42.0 Å². The minimum Gasteiger partial charge on any atom is -0.494 e. The molecule has 0 aliphatic heterocycles. The molecule has 3 aromatic rings. The van der Waals surface area contributed by atoms with E-state index in [1.54, 1.807) is 24.1 Å². The lowest BCUT2D eigenvalue weighted by Crippen LogP contribution is -2.33. The maximum Gasteiger partial charge on any atom is 0.201 e. The molecule has 4 rings (SSSR count). The molecule has 0 bridgehead atoms. The van der Waals surface area contributed by atoms with Crippen molar-refractivity contribution in [1.29, 1.82) is 5.41 Å². The van der Waals surface area contributed by atoms with Gasteiger partial charge in [0.25, 0.3) is 0 Å².